The Labute approximate surface area is 230 Å². The number of hydrogen-bond donors (Lipinski definition) is 0. The van der Waals surface area contributed by atoms with E-state index in [1.54, 1.807) is 30.5 Å². The van der Waals surface area contributed by atoms with E-state index in [0.29, 0.717) is 36.6 Å². The topological polar surface area (TPSA) is 59.1 Å². The van der Waals surface area contributed by atoms with Crippen LogP contribution in [0.3, 0.4) is 0 Å². The van der Waals surface area contributed by atoms with Gasteiger partial charge in [-0.1, -0.05) is 37.6 Å². The van der Waals surface area contributed by atoms with Gasteiger partial charge in [-0.25, -0.2) is 0 Å². The molecule has 1 saturated carbocycles. The predicted molar refractivity (Wildman–Crippen MR) is 152 cm³/mol. The molecule has 0 saturated heterocycles. The summed E-state index contributed by atoms with van der Waals surface area (Å²) >= 11 is 1.64. The first-order valence-electron chi connectivity index (χ1n) is 13.4. The average molecular weight is 535 g/mol. The molecule has 38 heavy (non-hydrogen) atoms. The molecule has 0 N–H and O–H groups in total. The monoisotopic (exact) mass is 534 g/mol. The zero-order valence-electron chi connectivity index (χ0n) is 22.7. The number of unbranched alkanes of at least 4 members (excludes halogenated alkanes) is 1. The van der Waals surface area contributed by atoms with Gasteiger partial charge in [0.25, 0.3) is 5.91 Å². The van der Waals surface area contributed by atoms with E-state index in [9.17, 15) is 9.59 Å². The number of rotatable bonds is 14. The molecular weight excluding hydrogens is 496 g/mol. The van der Waals surface area contributed by atoms with Crippen LogP contribution in [0, 0.1) is 0 Å². The second kappa shape index (κ2) is 13.5. The zero-order valence-corrected chi connectivity index (χ0v) is 23.5. The van der Waals surface area contributed by atoms with E-state index in [-0.39, 0.29) is 24.4 Å². The molecular formula is C31H38N2O4S. The molecule has 0 aliphatic heterocycles. The summed E-state index contributed by atoms with van der Waals surface area (Å²) < 4.78 is 10.8. The standard InChI is InChI=1S/C31H38N2O4S/c1-4-5-7-23-9-12-25(13-10-23)31(35)33(26-14-15-26)22-30(34)32(21-27-8-6-19-38-27)18-17-24-11-16-28(36-2)29(20-24)37-3/h6,8-13,16,19-20,26H,4-5,7,14-15,17-18,21-22H2,1-3H3. The first-order chi connectivity index (χ1) is 18.5. The SMILES string of the molecule is CCCCc1ccc(C(=O)N(CC(=O)N(CCc2ccc(OC)c(OC)c2)Cc2cccs2)C2CC2)cc1. The quantitative estimate of drug-likeness (QED) is 0.255. The van der Waals surface area contributed by atoms with Crippen molar-refractivity contribution in [3.05, 3.63) is 81.5 Å². The number of amides is 2. The van der Waals surface area contributed by atoms with Gasteiger partial charge in [0.2, 0.25) is 5.91 Å². The fourth-order valence-corrected chi connectivity index (χ4v) is 5.26. The second-order valence-electron chi connectivity index (χ2n) is 9.80. The summed E-state index contributed by atoms with van der Waals surface area (Å²) in [6.07, 6.45) is 5.88. The Hall–Kier alpha value is -3.32. The third-order valence-corrected chi connectivity index (χ3v) is 7.83. The van der Waals surface area contributed by atoms with Crippen LogP contribution >= 0.6 is 11.3 Å². The third-order valence-electron chi connectivity index (χ3n) is 6.97. The lowest BCUT2D eigenvalue weighted by Gasteiger charge is -2.28. The normalized spacial score (nSPS) is 12.7. The molecule has 1 fully saturated rings. The van der Waals surface area contributed by atoms with E-state index in [1.807, 2.05) is 64.9 Å². The molecule has 1 aliphatic carbocycles. The van der Waals surface area contributed by atoms with Gasteiger partial charge in [-0.2, -0.15) is 0 Å². The van der Waals surface area contributed by atoms with Crippen LogP contribution < -0.4 is 9.47 Å². The molecule has 7 heteroatoms. The Bertz CT molecular complexity index is 1190. The molecule has 2 amide bonds. The van der Waals surface area contributed by atoms with Crippen LogP contribution in [-0.4, -0.2) is 55.0 Å². The number of thiophene rings is 1. The van der Waals surface area contributed by atoms with Crippen LogP contribution in [-0.2, 0) is 24.2 Å². The number of carbonyl (C=O) groups excluding carboxylic acids is 2. The minimum absolute atomic E-state index is 0.0290. The molecule has 4 rings (SSSR count). The maximum absolute atomic E-state index is 13.7. The van der Waals surface area contributed by atoms with Gasteiger partial charge in [-0.05, 0) is 78.9 Å². The molecule has 0 unspecified atom stereocenters. The highest BCUT2D eigenvalue weighted by atomic mass is 32.1. The lowest BCUT2D eigenvalue weighted by molar-refractivity contribution is -0.132. The van der Waals surface area contributed by atoms with Gasteiger partial charge in [0.05, 0.1) is 20.8 Å². The van der Waals surface area contributed by atoms with Crippen LogP contribution in [0.4, 0.5) is 0 Å². The van der Waals surface area contributed by atoms with E-state index < -0.39 is 0 Å². The fraction of sp³-hybridized carbons (Fsp3) is 0.419. The van der Waals surface area contributed by atoms with Crippen LogP contribution in [0.2, 0.25) is 0 Å². The molecule has 0 atom stereocenters. The van der Waals surface area contributed by atoms with E-state index in [1.165, 1.54) is 5.56 Å². The maximum Gasteiger partial charge on any atom is 0.254 e. The molecule has 1 heterocycles. The predicted octanol–water partition coefficient (Wildman–Crippen LogP) is 5.98. The van der Waals surface area contributed by atoms with Gasteiger partial charge in [-0.15, -0.1) is 11.3 Å². The molecule has 0 bridgehead atoms. The van der Waals surface area contributed by atoms with Gasteiger partial charge in [0, 0.05) is 23.0 Å². The summed E-state index contributed by atoms with van der Waals surface area (Å²) in [5.74, 6) is 1.27. The van der Waals surface area contributed by atoms with Crippen molar-refractivity contribution in [2.75, 3.05) is 27.3 Å². The number of ether oxygens (including phenoxy) is 2. The van der Waals surface area contributed by atoms with Crippen molar-refractivity contribution in [1.29, 1.82) is 0 Å². The van der Waals surface area contributed by atoms with Gasteiger partial charge < -0.3 is 19.3 Å². The minimum atomic E-state index is -0.0566. The first kappa shape index (κ1) is 27.7. The molecule has 2 aromatic carbocycles. The molecule has 202 valence electrons. The van der Waals surface area contributed by atoms with Crippen molar-refractivity contribution < 1.29 is 19.1 Å². The van der Waals surface area contributed by atoms with Gasteiger partial charge in [-0.3, -0.25) is 9.59 Å². The van der Waals surface area contributed by atoms with Crippen molar-refractivity contribution in [3.63, 3.8) is 0 Å². The largest absolute Gasteiger partial charge is 0.493 e. The van der Waals surface area contributed by atoms with Crippen molar-refractivity contribution >= 4 is 23.2 Å². The molecule has 0 spiro atoms. The molecule has 0 radical (unpaired) electrons. The Kier molecular flexibility index (Phi) is 9.82. The Morgan fingerprint density at radius 2 is 1.68 bits per heavy atom. The summed E-state index contributed by atoms with van der Waals surface area (Å²) in [5, 5.41) is 2.02. The number of methoxy groups -OCH3 is 2. The van der Waals surface area contributed by atoms with Gasteiger partial charge >= 0.3 is 0 Å². The van der Waals surface area contributed by atoms with Gasteiger partial charge in [0.15, 0.2) is 11.5 Å². The number of nitrogens with zero attached hydrogens (tertiary/aromatic N) is 2. The maximum atomic E-state index is 13.7. The van der Waals surface area contributed by atoms with Crippen LogP contribution in [0.1, 0.15) is 59.0 Å². The number of hydrogen-bond acceptors (Lipinski definition) is 5. The highest BCUT2D eigenvalue weighted by Gasteiger charge is 2.35. The summed E-state index contributed by atoms with van der Waals surface area (Å²) in [7, 11) is 3.24. The smallest absolute Gasteiger partial charge is 0.254 e. The highest BCUT2D eigenvalue weighted by Crippen LogP contribution is 2.30. The van der Waals surface area contributed by atoms with E-state index in [0.717, 1.165) is 42.5 Å². The van der Waals surface area contributed by atoms with Gasteiger partial charge in [0.1, 0.15) is 6.54 Å². The van der Waals surface area contributed by atoms with Crippen molar-refractivity contribution in [3.8, 4) is 11.5 Å². The number of benzene rings is 2. The molecule has 6 nitrogen and oxygen atoms in total. The summed E-state index contributed by atoms with van der Waals surface area (Å²) in [6, 6.07) is 17.9. The van der Waals surface area contributed by atoms with Crippen LogP contribution in [0.15, 0.2) is 60.0 Å². The van der Waals surface area contributed by atoms with E-state index >= 15 is 0 Å². The van der Waals surface area contributed by atoms with Crippen LogP contribution in [0.25, 0.3) is 0 Å². The third kappa shape index (κ3) is 7.38. The van der Waals surface area contributed by atoms with E-state index in [2.05, 4.69) is 6.92 Å². The van der Waals surface area contributed by atoms with Crippen LogP contribution in [0.5, 0.6) is 11.5 Å². The molecule has 1 aromatic heterocycles. The van der Waals surface area contributed by atoms with E-state index in [4.69, 9.17) is 9.47 Å². The van der Waals surface area contributed by atoms with Crippen molar-refractivity contribution in [1.82, 2.24) is 9.80 Å². The zero-order chi connectivity index (χ0) is 26.9. The fourth-order valence-electron chi connectivity index (χ4n) is 4.54. The lowest BCUT2D eigenvalue weighted by Crippen LogP contribution is -2.44. The Morgan fingerprint density at radius 3 is 2.32 bits per heavy atom. The summed E-state index contributed by atoms with van der Waals surface area (Å²) in [4.78, 5) is 31.9. The average Bonchev–Trinajstić information content (AvgIpc) is 3.66. The summed E-state index contributed by atoms with van der Waals surface area (Å²) in [5.41, 5.74) is 2.96. The minimum Gasteiger partial charge on any atom is -0.493 e. The molecule has 3 aromatic rings. The highest BCUT2D eigenvalue weighted by molar-refractivity contribution is 7.09. The second-order valence-corrected chi connectivity index (χ2v) is 10.8. The lowest BCUT2D eigenvalue weighted by atomic mass is 10.1. The Balaban J connectivity index is 1.46. The molecule has 1 aliphatic rings. The summed E-state index contributed by atoms with van der Waals surface area (Å²) in [6.45, 7) is 3.35. The van der Waals surface area contributed by atoms with Crippen molar-refractivity contribution in [2.24, 2.45) is 0 Å². The first-order valence-corrected chi connectivity index (χ1v) is 14.3. The number of carbonyl (C=O) groups is 2. The van der Waals surface area contributed by atoms with Crippen molar-refractivity contribution in [2.45, 2.75) is 58.0 Å². The number of aryl methyl sites for hydroxylation is 1. The Morgan fingerprint density at radius 1 is 0.947 bits per heavy atom.